The molecule has 0 radical (unpaired) electrons. The van der Waals surface area contributed by atoms with Crippen molar-refractivity contribution in [3.05, 3.63) is 28.3 Å². The highest BCUT2D eigenvalue weighted by Gasteiger charge is 2.09. The van der Waals surface area contributed by atoms with Gasteiger partial charge < -0.3 is 10.5 Å². The molecule has 0 heterocycles. The SMILES string of the molecule is COc1ccc(C#N)c(CN)c1Cl. The first-order valence-electron chi connectivity index (χ1n) is 3.70. The van der Waals surface area contributed by atoms with Crippen LogP contribution in [0.4, 0.5) is 0 Å². The predicted molar refractivity (Wildman–Crippen MR) is 50.6 cm³/mol. The highest BCUT2D eigenvalue weighted by atomic mass is 35.5. The number of benzene rings is 1. The van der Waals surface area contributed by atoms with Crippen molar-refractivity contribution in [3.8, 4) is 11.8 Å². The molecule has 0 aliphatic heterocycles. The van der Waals surface area contributed by atoms with Crippen molar-refractivity contribution in [2.45, 2.75) is 6.54 Å². The Bertz CT molecular complexity index is 357. The van der Waals surface area contributed by atoms with Crippen molar-refractivity contribution in [2.24, 2.45) is 5.73 Å². The van der Waals surface area contributed by atoms with Gasteiger partial charge in [0.1, 0.15) is 5.75 Å². The highest BCUT2D eigenvalue weighted by Crippen LogP contribution is 2.29. The molecule has 4 heteroatoms. The molecule has 0 unspecified atom stereocenters. The molecule has 0 saturated carbocycles. The molecule has 0 aliphatic rings. The highest BCUT2D eigenvalue weighted by molar-refractivity contribution is 6.33. The zero-order valence-corrected chi connectivity index (χ0v) is 7.93. The number of rotatable bonds is 2. The van der Waals surface area contributed by atoms with E-state index in [0.717, 1.165) is 0 Å². The average Bonchev–Trinajstić information content (AvgIpc) is 2.17. The van der Waals surface area contributed by atoms with Gasteiger partial charge in [-0.15, -0.1) is 0 Å². The molecule has 1 aromatic rings. The fraction of sp³-hybridized carbons (Fsp3) is 0.222. The van der Waals surface area contributed by atoms with Gasteiger partial charge in [-0.25, -0.2) is 0 Å². The minimum absolute atomic E-state index is 0.235. The molecular formula is C9H9ClN2O. The van der Waals surface area contributed by atoms with Crippen LogP contribution in [0.3, 0.4) is 0 Å². The van der Waals surface area contributed by atoms with Gasteiger partial charge in [0.2, 0.25) is 0 Å². The maximum Gasteiger partial charge on any atom is 0.137 e. The van der Waals surface area contributed by atoms with E-state index in [1.165, 1.54) is 7.11 Å². The first kappa shape index (κ1) is 9.85. The molecule has 1 rings (SSSR count). The van der Waals surface area contributed by atoms with E-state index in [1.807, 2.05) is 6.07 Å². The molecule has 3 nitrogen and oxygen atoms in total. The van der Waals surface area contributed by atoms with Crippen molar-refractivity contribution >= 4 is 11.6 Å². The number of hydrogen-bond acceptors (Lipinski definition) is 3. The minimum Gasteiger partial charge on any atom is -0.495 e. The second kappa shape index (κ2) is 4.13. The average molecular weight is 197 g/mol. The molecule has 0 saturated heterocycles. The van der Waals surface area contributed by atoms with Gasteiger partial charge in [0.15, 0.2) is 0 Å². The van der Waals surface area contributed by atoms with Gasteiger partial charge in [-0.3, -0.25) is 0 Å². The van der Waals surface area contributed by atoms with Crippen LogP contribution >= 0.6 is 11.6 Å². The summed E-state index contributed by atoms with van der Waals surface area (Å²) in [6.45, 7) is 0.235. The van der Waals surface area contributed by atoms with Crippen molar-refractivity contribution in [2.75, 3.05) is 7.11 Å². The number of methoxy groups -OCH3 is 1. The molecule has 68 valence electrons. The van der Waals surface area contributed by atoms with E-state index in [-0.39, 0.29) is 6.54 Å². The summed E-state index contributed by atoms with van der Waals surface area (Å²) in [7, 11) is 1.52. The molecule has 0 aromatic heterocycles. The normalized spacial score (nSPS) is 9.38. The maximum atomic E-state index is 8.73. The zero-order chi connectivity index (χ0) is 9.84. The fourth-order valence-corrected chi connectivity index (χ4v) is 1.38. The van der Waals surface area contributed by atoms with E-state index in [1.54, 1.807) is 12.1 Å². The Morgan fingerprint density at radius 1 is 1.62 bits per heavy atom. The van der Waals surface area contributed by atoms with E-state index in [2.05, 4.69) is 0 Å². The molecule has 2 N–H and O–H groups in total. The first-order chi connectivity index (χ1) is 6.24. The molecule has 1 aromatic carbocycles. The van der Waals surface area contributed by atoms with Crippen LogP contribution in [0.2, 0.25) is 5.02 Å². The van der Waals surface area contributed by atoms with Crippen molar-refractivity contribution in [1.29, 1.82) is 5.26 Å². The van der Waals surface area contributed by atoms with Crippen LogP contribution in [0.25, 0.3) is 0 Å². The monoisotopic (exact) mass is 196 g/mol. The summed E-state index contributed by atoms with van der Waals surface area (Å²) >= 11 is 5.94. The largest absolute Gasteiger partial charge is 0.495 e. The molecule has 0 aliphatic carbocycles. The second-order valence-corrected chi connectivity index (χ2v) is 2.80. The molecule has 13 heavy (non-hydrogen) atoms. The standard InChI is InChI=1S/C9H9ClN2O/c1-13-8-3-2-6(4-11)7(5-12)9(8)10/h2-3H,5,12H2,1H3. The number of hydrogen-bond donors (Lipinski definition) is 1. The van der Waals surface area contributed by atoms with Crippen LogP contribution < -0.4 is 10.5 Å². The van der Waals surface area contributed by atoms with E-state index >= 15 is 0 Å². The van der Waals surface area contributed by atoms with Gasteiger partial charge in [-0.2, -0.15) is 5.26 Å². The summed E-state index contributed by atoms with van der Waals surface area (Å²) in [5.41, 5.74) is 6.58. The fourth-order valence-electron chi connectivity index (χ4n) is 1.06. The van der Waals surface area contributed by atoms with Gasteiger partial charge in [0.05, 0.1) is 23.8 Å². The first-order valence-corrected chi connectivity index (χ1v) is 4.08. The van der Waals surface area contributed by atoms with Gasteiger partial charge >= 0.3 is 0 Å². The van der Waals surface area contributed by atoms with Crippen LogP contribution in [0.1, 0.15) is 11.1 Å². The number of nitrogens with zero attached hydrogens (tertiary/aromatic N) is 1. The smallest absolute Gasteiger partial charge is 0.137 e. The number of ether oxygens (including phenoxy) is 1. The molecule has 0 spiro atoms. The maximum absolute atomic E-state index is 8.73. The van der Waals surface area contributed by atoms with E-state index in [0.29, 0.717) is 21.9 Å². The lowest BCUT2D eigenvalue weighted by Crippen LogP contribution is -2.01. The van der Waals surface area contributed by atoms with E-state index in [4.69, 9.17) is 27.3 Å². The number of nitriles is 1. The Kier molecular flexibility index (Phi) is 3.13. The lowest BCUT2D eigenvalue weighted by molar-refractivity contribution is 0.414. The van der Waals surface area contributed by atoms with Crippen LogP contribution in [0, 0.1) is 11.3 Å². The Labute approximate surface area is 81.7 Å². The lowest BCUT2D eigenvalue weighted by atomic mass is 10.1. The third-order valence-corrected chi connectivity index (χ3v) is 2.17. The Hall–Kier alpha value is -1.24. The number of nitrogens with two attached hydrogens (primary N) is 1. The van der Waals surface area contributed by atoms with Gasteiger partial charge in [-0.1, -0.05) is 11.6 Å². The molecule has 0 amide bonds. The molecule has 0 bridgehead atoms. The summed E-state index contributed by atoms with van der Waals surface area (Å²) in [5, 5.41) is 9.15. The Balaban J connectivity index is 3.34. The third-order valence-electron chi connectivity index (χ3n) is 1.75. The summed E-state index contributed by atoms with van der Waals surface area (Å²) < 4.78 is 4.99. The molecule has 0 fully saturated rings. The Morgan fingerprint density at radius 2 is 2.31 bits per heavy atom. The van der Waals surface area contributed by atoms with Crippen LogP contribution in [0.15, 0.2) is 12.1 Å². The Morgan fingerprint density at radius 3 is 2.77 bits per heavy atom. The second-order valence-electron chi connectivity index (χ2n) is 2.42. The van der Waals surface area contributed by atoms with E-state index in [9.17, 15) is 0 Å². The summed E-state index contributed by atoms with van der Waals surface area (Å²) in [6, 6.07) is 5.32. The minimum atomic E-state index is 0.235. The van der Waals surface area contributed by atoms with E-state index < -0.39 is 0 Å². The summed E-state index contributed by atoms with van der Waals surface area (Å²) in [5.74, 6) is 0.543. The summed E-state index contributed by atoms with van der Waals surface area (Å²) in [4.78, 5) is 0. The van der Waals surface area contributed by atoms with Crippen molar-refractivity contribution in [3.63, 3.8) is 0 Å². The van der Waals surface area contributed by atoms with Gasteiger partial charge in [0, 0.05) is 12.1 Å². The lowest BCUT2D eigenvalue weighted by Gasteiger charge is -2.08. The topological polar surface area (TPSA) is 59.0 Å². The van der Waals surface area contributed by atoms with Crippen LogP contribution in [0.5, 0.6) is 5.75 Å². The quantitative estimate of drug-likeness (QED) is 0.783. The van der Waals surface area contributed by atoms with Crippen molar-refractivity contribution in [1.82, 2.24) is 0 Å². The zero-order valence-electron chi connectivity index (χ0n) is 7.17. The van der Waals surface area contributed by atoms with Crippen LogP contribution in [-0.2, 0) is 6.54 Å². The van der Waals surface area contributed by atoms with Gasteiger partial charge in [0.25, 0.3) is 0 Å². The number of halogens is 1. The predicted octanol–water partition coefficient (Wildman–Crippen LogP) is 1.68. The summed E-state index contributed by atoms with van der Waals surface area (Å²) in [6.07, 6.45) is 0. The van der Waals surface area contributed by atoms with Gasteiger partial charge in [-0.05, 0) is 12.1 Å². The van der Waals surface area contributed by atoms with Crippen molar-refractivity contribution < 1.29 is 4.74 Å². The third kappa shape index (κ3) is 1.74. The molecular weight excluding hydrogens is 188 g/mol. The molecule has 0 atom stereocenters. The van der Waals surface area contributed by atoms with Crippen LogP contribution in [-0.4, -0.2) is 7.11 Å².